The summed E-state index contributed by atoms with van der Waals surface area (Å²) in [5.74, 6) is -0.508. The Kier molecular flexibility index (Phi) is 6.61. The second kappa shape index (κ2) is 9.57. The van der Waals surface area contributed by atoms with Crippen LogP contribution < -0.4 is 0 Å². The summed E-state index contributed by atoms with van der Waals surface area (Å²) in [7, 11) is 3.49. The van der Waals surface area contributed by atoms with Crippen LogP contribution in [0.2, 0.25) is 0 Å². The number of H-pyrrole nitrogens is 1. The molecule has 2 heterocycles. The number of methoxy groups -OCH3 is 1. The molecule has 0 saturated heterocycles. The lowest BCUT2D eigenvalue weighted by Crippen LogP contribution is -2.48. The number of amides is 2. The molecule has 1 aromatic heterocycles. The fraction of sp³-hybridized carbons (Fsp3) is 0.385. The maximum absolute atomic E-state index is 13.9. The third-order valence-corrected chi connectivity index (χ3v) is 6.40. The molecule has 1 aliphatic heterocycles. The Labute approximate surface area is 189 Å². The van der Waals surface area contributed by atoms with E-state index < -0.39 is 12.0 Å². The largest absolute Gasteiger partial charge is 0.383 e. The SMILES string of the molecule is CCCCN(C)C(=O)C1c2ccccc2C(=O)N(CCOC)C1c1c[nH]c2ccccc12. The first-order chi connectivity index (χ1) is 15.6. The molecule has 2 atom stereocenters. The number of likely N-dealkylation sites (N-methyl/N-ethyl adjacent to an activating group) is 1. The fourth-order valence-electron chi connectivity index (χ4n) is 4.72. The predicted octanol–water partition coefficient (Wildman–Crippen LogP) is 4.35. The zero-order valence-corrected chi connectivity index (χ0v) is 19.0. The van der Waals surface area contributed by atoms with Crippen molar-refractivity contribution in [3.05, 3.63) is 71.4 Å². The summed E-state index contributed by atoms with van der Waals surface area (Å²) in [6.45, 7) is 3.63. The van der Waals surface area contributed by atoms with E-state index in [1.807, 2.05) is 71.6 Å². The van der Waals surface area contributed by atoms with Gasteiger partial charge in [0, 0.05) is 55.5 Å². The number of carbonyl (C=O) groups is 2. The molecule has 0 saturated carbocycles. The van der Waals surface area contributed by atoms with Crippen molar-refractivity contribution in [2.45, 2.75) is 31.7 Å². The van der Waals surface area contributed by atoms with Gasteiger partial charge in [-0.25, -0.2) is 0 Å². The van der Waals surface area contributed by atoms with Crippen LogP contribution in [0, 0.1) is 0 Å². The van der Waals surface area contributed by atoms with Gasteiger partial charge in [0.15, 0.2) is 0 Å². The number of rotatable bonds is 8. The van der Waals surface area contributed by atoms with Crippen molar-refractivity contribution in [1.82, 2.24) is 14.8 Å². The number of para-hydroxylation sites is 1. The molecule has 2 unspecified atom stereocenters. The molecule has 4 rings (SSSR count). The van der Waals surface area contributed by atoms with Crippen LogP contribution in [0.15, 0.2) is 54.7 Å². The fourth-order valence-corrected chi connectivity index (χ4v) is 4.72. The topological polar surface area (TPSA) is 65.6 Å². The van der Waals surface area contributed by atoms with Gasteiger partial charge in [0.05, 0.1) is 18.6 Å². The van der Waals surface area contributed by atoms with E-state index in [0.717, 1.165) is 34.9 Å². The molecule has 6 heteroatoms. The number of aromatic nitrogens is 1. The Morgan fingerprint density at radius 3 is 2.66 bits per heavy atom. The van der Waals surface area contributed by atoms with Gasteiger partial charge in [0.25, 0.3) is 5.91 Å². The number of benzene rings is 2. The first-order valence-electron chi connectivity index (χ1n) is 11.3. The van der Waals surface area contributed by atoms with Crippen LogP contribution in [0.1, 0.15) is 53.2 Å². The van der Waals surface area contributed by atoms with Crippen LogP contribution in [0.4, 0.5) is 0 Å². The standard InChI is InChI=1S/C26H31N3O3/c1-4-5-14-28(2)26(31)23-19-11-6-7-12-20(19)25(30)29(15-16-32-3)24(23)21-17-27-22-13-9-8-10-18(21)22/h6-13,17,23-24,27H,4-5,14-16H2,1-3H3. The number of hydrogen-bond donors (Lipinski definition) is 1. The molecule has 0 radical (unpaired) electrons. The lowest BCUT2D eigenvalue weighted by atomic mass is 9.78. The van der Waals surface area contributed by atoms with Crippen molar-refractivity contribution in [2.75, 3.05) is 33.9 Å². The lowest BCUT2D eigenvalue weighted by molar-refractivity contribution is -0.133. The van der Waals surface area contributed by atoms with E-state index in [0.29, 0.717) is 25.3 Å². The highest BCUT2D eigenvalue weighted by Gasteiger charge is 2.45. The molecule has 0 spiro atoms. The van der Waals surface area contributed by atoms with Gasteiger partial charge in [-0.05, 0) is 24.1 Å². The number of nitrogens with one attached hydrogen (secondary N) is 1. The van der Waals surface area contributed by atoms with E-state index in [1.165, 1.54) is 0 Å². The molecule has 2 aromatic carbocycles. The van der Waals surface area contributed by atoms with E-state index in [2.05, 4.69) is 11.9 Å². The quantitative estimate of drug-likeness (QED) is 0.574. The summed E-state index contributed by atoms with van der Waals surface area (Å²) in [6, 6.07) is 15.1. The molecule has 0 fully saturated rings. The van der Waals surface area contributed by atoms with E-state index in [1.54, 1.807) is 7.11 Å². The molecule has 3 aromatic rings. The normalized spacial score (nSPS) is 18.1. The number of unbranched alkanes of at least 4 members (excludes halogenated alkanes) is 1. The number of hydrogen-bond acceptors (Lipinski definition) is 3. The number of fused-ring (bicyclic) bond motifs is 2. The molecule has 0 bridgehead atoms. The minimum Gasteiger partial charge on any atom is -0.383 e. The van der Waals surface area contributed by atoms with Gasteiger partial charge in [-0.1, -0.05) is 49.7 Å². The van der Waals surface area contributed by atoms with Crippen molar-refractivity contribution < 1.29 is 14.3 Å². The summed E-state index contributed by atoms with van der Waals surface area (Å²) >= 11 is 0. The zero-order chi connectivity index (χ0) is 22.7. The summed E-state index contributed by atoms with van der Waals surface area (Å²) in [4.78, 5) is 34.5. The van der Waals surface area contributed by atoms with Crippen molar-refractivity contribution in [2.24, 2.45) is 0 Å². The average Bonchev–Trinajstić information content (AvgIpc) is 3.25. The first kappa shape index (κ1) is 22.1. The minimum absolute atomic E-state index is 0.0381. The van der Waals surface area contributed by atoms with E-state index in [-0.39, 0.29) is 11.8 Å². The van der Waals surface area contributed by atoms with Gasteiger partial charge in [0.2, 0.25) is 5.91 Å². The highest BCUT2D eigenvalue weighted by atomic mass is 16.5. The molecular formula is C26H31N3O3. The summed E-state index contributed by atoms with van der Waals surface area (Å²) in [5, 5.41) is 1.03. The Hall–Kier alpha value is -3.12. The van der Waals surface area contributed by atoms with Gasteiger partial charge in [-0.3, -0.25) is 9.59 Å². The van der Waals surface area contributed by atoms with Gasteiger partial charge >= 0.3 is 0 Å². The maximum atomic E-state index is 13.9. The highest BCUT2D eigenvalue weighted by Crippen LogP contribution is 2.45. The number of aromatic amines is 1. The Morgan fingerprint density at radius 2 is 1.88 bits per heavy atom. The molecule has 0 aliphatic carbocycles. The molecular weight excluding hydrogens is 402 g/mol. The number of carbonyl (C=O) groups excluding carboxylic acids is 2. The van der Waals surface area contributed by atoms with E-state index in [4.69, 9.17) is 4.74 Å². The Balaban J connectivity index is 1.89. The van der Waals surface area contributed by atoms with Crippen molar-refractivity contribution in [3.8, 4) is 0 Å². The van der Waals surface area contributed by atoms with E-state index in [9.17, 15) is 9.59 Å². The lowest BCUT2D eigenvalue weighted by Gasteiger charge is -2.42. The molecule has 1 aliphatic rings. The Morgan fingerprint density at radius 1 is 1.12 bits per heavy atom. The molecule has 32 heavy (non-hydrogen) atoms. The van der Waals surface area contributed by atoms with Gasteiger partial charge < -0.3 is 19.5 Å². The van der Waals surface area contributed by atoms with Crippen LogP contribution in [0.5, 0.6) is 0 Å². The maximum Gasteiger partial charge on any atom is 0.254 e. The summed E-state index contributed by atoms with van der Waals surface area (Å²) in [5.41, 5.74) is 3.35. The van der Waals surface area contributed by atoms with Crippen LogP contribution in [-0.4, -0.2) is 60.5 Å². The molecule has 2 amide bonds. The van der Waals surface area contributed by atoms with Crippen molar-refractivity contribution in [1.29, 1.82) is 0 Å². The zero-order valence-electron chi connectivity index (χ0n) is 19.0. The average molecular weight is 434 g/mol. The highest BCUT2D eigenvalue weighted by molar-refractivity contribution is 6.02. The van der Waals surface area contributed by atoms with Crippen LogP contribution in [0.25, 0.3) is 10.9 Å². The smallest absolute Gasteiger partial charge is 0.254 e. The number of ether oxygens (including phenoxy) is 1. The third-order valence-electron chi connectivity index (χ3n) is 6.40. The number of nitrogens with zero attached hydrogens (tertiary/aromatic N) is 2. The van der Waals surface area contributed by atoms with E-state index >= 15 is 0 Å². The summed E-state index contributed by atoms with van der Waals surface area (Å²) in [6.07, 6.45) is 3.91. The summed E-state index contributed by atoms with van der Waals surface area (Å²) < 4.78 is 5.33. The van der Waals surface area contributed by atoms with Crippen LogP contribution >= 0.6 is 0 Å². The van der Waals surface area contributed by atoms with Crippen molar-refractivity contribution >= 4 is 22.7 Å². The van der Waals surface area contributed by atoms with Gasteiger partial charge in [0.1, 0.15) is 0 Å². The second-order valence-electron chi connectivity index (χ2n) is 8.40. The third kappa shape index (κ3) is 3.91. The Bertz CT molecular complexity index is 1110. The van der Waals surface area contributed by atoms with Crippen molar-refractivity contribution in [3.63, 3.8) is 0 Å². The molecule has 1 N–H and O–H groups in total. The van der Waals surface area contributed by atoms with Gasteiger partial charge in [-0.2, -0.15) is 0 Å². The minimum atomic E-state index is -0.484. The molecule has 168 valence electrons. The van der Waals surface area contributed by atoms with Gasteiger partial charge in [-0.15, -0.1) is 0 Å². The first-order valence-corrected chi connectivity index (χ1v) is 11.3. The molecule has 6 nitrogen and oxygen atoms in total. The monoisotopic (exact) mass is 433 g/mol. The second-order valence-corrected chi connectivity index (χ2v) is 8.40. The predicted molar refractivity (Wildman–Crippen MR) is 126 cm³/mol. The van der Waals surface area contributed by atoms with Crippen LogP contribution in [-0.2, 0) is 9.53 Å². The van der Waals surface area contributed by atoms with Crippen LogP contribution in [0.3, 0.4) is 0 Å².